The number of fused-ring (bicyclic) bond motifs is 26. The van der Waals surface area contributed by atoms with E-state index in [-0.39, 0.29) is 105 Å². The first kappa shape index (κ1) is 55.4. The molecule has 24 aromatic rings. The molecule has 0 N–H and O–H groups in total. The van der Waals surface area contributed by atoms with Crippen LogP contribution in [-0.2, 0) is 16.2 Å². The SMILES string of the molecule is [2H]c1c([2H])c([2H])c2c(c1[2H])c1c([2H])c(-n3c4c([2H])c([2H])c([2H])c([2H])c4c4c([2H])c([2H])c([2H])c([2H])c43)c([2H])c([2H])c1n2-c1cccc(N2c3cc(cc(C(C)(C)C)c3)N(c3cccc(-n4c5c([2H])c([2H])c([2H])c([2H])c5c5c([2H])c(-n6c7c([2H])c([2H])c([2H])c([2H])c7c7c([2H])c([2H])c([2H])c([2H])c76)c(C)c([2H])c54)c3)c3c(-c4ccccc4)cc(C(C)(C)C)cc3-c3cccc(c3)-c3ccc4sc5ccc(cc5c4c3)-c3cccc(c3)-c3cc(C(C)(C)C)cc(-c4ccccc4)c32)c1. The van der Waals surface area contributed by atoms with E-state index in [0.29, 0.717) is 56.4 Å². The summed E-state index contributed by atoms with van der Waals surface area (Å²) < 4.78 is 290. The second-order valence-electron chi connectivity index (χ2n) is 37.5. The first-order valence-electron chi connectivity index (χ1n) is 59.1. The van der Waals surface area contributed by atoms with Gasteiger partial charge in [0.2, 0.25) is 0 Å². The molecule has 6 heterocycles. The molecular formula is C127H98N6S. The first-order valence-corrected chi connectivity index (χ1v) is 45.4. The Morgan fingerprint density at radius 2 is 0.545 bits per heavy atom. The minimum absolute atomic E-state index is 0.0651. The van der Waals surface area contributed by atoms with Crippen molar-refractivity contribution in [3.05, 3.63) is 434 Å². The number of benzene rings is 19. The van der Waals surface area contributed by atoms with E-state index in [2.05, 4.69) is 206 Å². The van der Waals surface area contributed by atoms with E-state index in [4.69, 9.17) is 11.0 Å². The second-order valence-corrected chi connectivity index (χ2v) is 38.6. The fourth-order valence-corrected chi connectivity index (χ4v) is 20.6. The van der Waals surface area contributed by atoms with Crippen LogP contribution in [0.2, 0.25) is 0 Å². The van der Waals surface area contributed by atoms with Crippen LogP contribution in [0.4, 0.5) is 34.1 Å². The van der Waals surface area contributed by atoms with Crippen LogP contribution >= 0.6 is 11.3 Å². The van der Waals surface area contributed by atoms with E-state index in [1.165, 1.54) is 11.5 Å². The van der Waals surface area contributed by atoms with Gasteiger partial charge in [0.25, 0.3) is 0 Å². The van der Waals surface area contributed by atoms with Gasteiger partial charge in [0, 0.05) is 131 Å². The predicted molar refractivity (Wildman–Crippen MR) is 573 cm³/mol. The number of thiophene rings is 1. The average molecular weight is 1770 g/mol. The molecule has 0 saturated heterocycles. The van der Waals surface area contributed by atoms with Crippen molar-refractivity contribution in [2.24, 2.45) is 0 Å². The van der Waals surface area contributed by atoms with Crippen molar-refractivity contribution in [1.29, 1.82) is 0 Å². The normalized spacial score (nSPS) is 15.7. The van der Waals surface area contributed by atoms with Crippen LogP contribution in [0.5, 0.6) is 0 Å². The van der Waals surface area contributed by atoms with Gasteiger partial charge in [-0.2, -0.15) is 0 Å². The highest BCUT2D eigenvalue weighted by atomic mass is 32.1. The Kier molecular flexibility index (Phi) is 12.7. The monoisotopic (exact) mass is 1770 g/mol. The summed E-state index contributed by atoms with van der Waals surface area (Å²) in [6, 6.07) is 59.6. The molecule has 5 aromatic heterocycles. The van der Waals surface area contributed by atoms with E-state index in [1.807, 2.05) is 78.9 Å². The number of anilines is 6. The van der Waals surface area contributed by atoms with Crippen LogP contribution in [0.25, 0.3) is 197 Å². The molecule has 19 aromatic carbocycles. The third-order valence-corrected chi connectivity index (χ3v) is 27.3. The van der Waals surface area contributed by atoms with Gasteiger partial charge in [0.1, 0.15) is 0 Å². The summed E-state index contributed by atoms with van der Waals surface area (Å²) in [7, 11) is 0. The molecule has 0 radical (unpaired) electrons. The Balaban J connectivity index is 0.847. The van der Waals surface area contributed by atoms with Crippen molar-refractivity contribution in [3.63, 3.8) is 0 Å². The lowest BCUT2D eigenvalue weighted by Gasteiger charge is -2.36. The van der Waals surface area contributed by atoms with Crippen molar-refractivity contribution in [3.8, 4) is 89.5 Å². The Labute approximate surface area is 825 Å². The number of hydrogen-bond donors (Lipinski definition) is 0. The Bertz CT molecular complexity index is 10100. The smallest absolute Gasteiger partial charge is 0.0652 e. The standard InChI is InChI=1S/C127H98N6S/c1-79-63-120-109(78-119(79)133-116-55-27-19-47-100(116)101-48-20-28-56-117(101)133)103-50-22-26-54-115(103)132(120)94-44-32-42-92(75-94)129-97-69-88(125(2,3)4)68-96(76-97)128(91-41-31-43-93(74-91)130-114-53-25-21-49-102(114)108-77-95(59-60-118(108)130)131-112-51-23-17-45-98(112)99-46-18-24-52-113(99)131)123-104(80-33-13-11-14-34-80)70-89(126(5,6)7)72-106(123)86-39-29-37-82(64-86)84-57-61-121-110(66-84)111-67-85(58-62-122(111)134-121)83-38-30-40-87(65-83)107-73-90(127(8,9)10)71-105(124(107)129)81-35-15-12-16-36-81/h11-78H,1-10H3/i17D,18D,19D,20D,21D,22D,23D,24D,25D,26D,27D,28D,45D,46D,47D,48D,49D,50D,51D,52D,53D,54D,55D,56D,59D,60D,63D,77D,78D. The van der Waals surface area contributed by atoms with Crippen molar-refractivity contribution < 1.29 is 39.8 Å². The number of hydrogen-bond acceptors (Lipinski definition) is 3. The van der Waals surface area contributed by atoms with E-state index < -0.39 is 202 Å². The van der Waals surface area contributed by atoms with Gasteiger partial charge in [-0.1, -0.05) is 292 Å². The third-order valence-electron chi connectivity index (χ3n) is 26.2. The summed E-state index contributed by atoms with van der Waals surface area (Å²) in [6.45, 7) is 20.7. The summed E-state index contributed by atoms with van der Waals surface area (Å²) in [5.74, 6) is 0. The van der Waals surface area contributed by atoms with Gasteiger partial charge < -0.3 is 28.1 Å². The van der Waals surface area contributed by atoms with Crippen molar-refractivity contribution >= 4 is 153 Å². The van der Waals surface area contributed by atoms with Crippen LogP contribution < -0.4 is 9.80 Å². The van der Waals surface area contributed by atoms with Crippen LogP contribution in [0.3, 0.4) is 0 Å². The molecule has 0 atom stereocenters. The lowest BCUT2D eigenvalue weighted by atomic mass is 9.81. The maximum Gasteiger partial charge on any atom is 0.0652 e. The summed E-state index contributed by atoms with van der Waals surface area (Å²) in [6.07, 6.45) is 0. The van der Waals surface area contributed by atoms with E-state index in [1.54, 1.807) is 40.2 Å². The maximum atomic E-state index is 11.0. The number of nitrogens with zero attached hydrogens (tertiary/aromatic N) is 6. The molecular weight excluding hydrogens is 1640 g/mol. The zero-order valence-corrected chi connectivity index (χ0v) is 75.4. The van der Waals surface area contributed by atoms with Crippen molar-refractivity contribution in [2.45, 2.75) is 85.5 Å². The molecule has 7 heteroatoms. The molecule has 0 spiro atoms. The zero-order chi connectivity index (χ0) is 116. The highest BCUT2D eigenvalue weighted by Crippen LogP contribution is 2.56. The molecule has 134 heavy (non-hydrogen) atoms. The average Bonchev–Trinajstić information content (AvgIpc) is 1.52. The van der Waals surface area contributed by atoms with Gasteiger partial charge in [0.05, 0.1) is 95.3 Å². The molecule has 10 bridgehead atoms. The molecule has 0 saturated carbocycles. The quantitative estimate of drug-likeness (QED) is 0.152. The summed E-state index contributed by atoms with van der Waals surface area (Å²) in [5, 5.41) is -0.412. The van der Waals surface area contributed by atoms with Crippen molar-refractivity contribution in [1.82, 2.24) is 18.3 Å². The fraction of sp³-hybridized carbons (Fsp3) is 0.102. The molecule has 0 fully saturated rings. The Morgan fingerprint density at radius 1 is 0.224 bits per heavy atom. The number of aromatic nitrogens is 4. The minimum Gasteiger partial charge on any atom is -0.309 e. The lowest BCUT2D eigenvalue weighted by molar-refractivity contribution is 0.590. The van der Waals surface area contributed by atoms with E-state index in [9.17, 15) is 28.8 Å². The third kappa shape index (κ3) is 13.1. The minimum atomic E-state index is -0.872. The first-order chi connectivity index (χ1) is 77.3. The largest absolute Gasteiger partial charge is 0.309 e. The summed E-state index contributed by atoms with van der Waals surface area (Å²) in [4.78, 5) is 4.33. The van der Waals surface area contributed by atoms with E-state index in [0.717, 1.165) is 90.5 Å². The van der Waals surface area contributed by atoms with Gasteiger partial charge in [-0.25, -0.2) is 0 Å². The molecule has 1 aliphatic heterocycles. The van der Waals surface area contributed by atoms with Crippen molar-refractivity contribution in [2.75, 3.05) is 9.80 Å². The molecule has 642 valence electrons. The highest BCUT2D eigenvalue weighted by molar-refractivity contribution is 7.25. The lowest BCUT2D eigenvalue weighted by Crippen LogP contribution is -2.20. The highest BCUT2D eigenvalue weighted by Gasteiger charge is 2.34. The zero-order valence-electron chi connectivity index (χ0n) is 104. The van der Waals surface area contributed by atoms with Crippen LogP contribution in [0, 0.1) is 6.92 Å². The van der Waals surface area contributed by atoms with Crippen LogP contribution in [0.15, 0.2) is 412 Å². The summed E-state index contributed by atoms with van der Waals surface area (Å²) >= 11 is 1.69. The van der Waals surface area contributed by atoms with Gasteiger partial charge in [-0.3, -0.25) is 0 Å². The molecule has 0 unspecified atom stereocenters. The number of para-hydroxylation sites is 6. The predicted octanol–water partition coefficient (Wildman–Crippen LogP) is 35.9. The van der Waals surface area contributed by atoms with Gasteiger partial charge in [-0.05, 0) is 272 Å². The van der Waals surface area contributed by atoms with Crippen LogP contribution in [0.1, 0.15) is 124 Å². The topological polar surface area (TPSA) is 26.2 Å². The Morgan fingerprint density at radius 3 is 0.970 bits per heavy atom. The molecule has 0 amide bonds. The second kappa shape index (κ2) is 30.7. The Hall–Kier alpha value is -15.8. The van der Waals surface area contributed by atoms with Gasteiger partial charge in [0.15, 0.2) is 0 Å². The maximum absolute atomic E-state index is 11.0. The fourth-order valence-electron chi connectivity index (χ4n) is 19.6. The van der Waals surface area contributed by atoms with Gasteiger partial charge >= 0.3 is 0 Å². The van der Waals surface area contributed by atoms with Gasteiger partial charge in [-0.15, -0.1) is 11.3 Å². The molecule has 25 rings (SSSR count). The molecule has 0 aliphatic carbocycles. The molecule has 1 aliphatic rings. The summed E-state index contributed by atoms with van der Waals surface area (Å²) in [5.41, 5.74) is 9.66. The molecule has 6 nitrogen and oxygen atoms in total. The number of rotatable bonds is 8. The van der Waals surface area contributed by atoms with E-state index >= 15 is 0 Å². The van der Waals surface area contributed by atoms with Crippen LogP contribution in [-0.4, -0.2) is 18.3 Å².